The highest BCUT2D eigenvalue weighted by Crippen LogP contribution is 2.29. The molecule has 4 heteroatoms. The molecule has 0 atom stereocenters. The van der Waals surface area contributed by atoms with Crippen LogP contribution in [0.3, 0.4) is 0 Å². The van der Waals surface area contributed by atoms with Gasteiger partial charge in [-0.3, -0.25) is 4.79 Å². The number of hydrogen-bond acceptors (Lipinski definition) is 3. The molecule has 4 nitrogen and oxygen atoms in total. The van der Waals surface area contributed by atoms with Crippen molar-refractivity contribution in [3.63, 3.8) is 0 Å². The Balaban J connectivity index is 2.11. The molecule has 1 heterocycles. The van der Waals surface area contributed by atoms with Crippen molar-refractivity contribution >= 4 is 11.7 Å². The molecule has 1 aliphatic rings. The van der Waals surface area contributed by atoms with E-state index in [0.29, 0.717) is 19.8 Å². The smallest absolute Gasteiger partial charge is 0.316 e. The van der Waals surface area contributed by atoms with Crippen molar-refractivity contribution in [2.45, 2.75) is 20.8 Å². The van der Waals surface area contributed by atoms with Crippen LogP contribution in [0.5, 0.6) is 0 Å². The van der Waals surface area contributed by atoms with Gasteiger partial charge in [-0.15, -0.1) is 0 Å². The van der Waals surface area contributed by atoms with Crippen molar-refractivity contribution in [2.24, 2.45) is 5.41 Å². The highest BCUT2D eigenvalue weighted by molar-refractivity contribution is 5.77. The number of aliphatic carboxylic acids is 1. The summed E-state index contributed by atoms with van der Waals surface area (Å²) in [7, 11) is 0. The molecule has 1 saturated heterocycles. The predicted octanol–water partition coefficient (Wildman–Crippen LogP) is 2.12. The van der Waals surface area contributed by atoms with Crippen LogP contribution in [0.25, 0.3) is 0 Å². The maximum atomic E-state index is 11.2. The van der Waals surface area contributed by atoms with E-state index in [9.17, 15) is 9.90 Å². The van der Waals surface area contributed by atoms with Crippen molar-refractivity contribution in [3.8, 4) is 0 Å². The predicted molar refractivity (Wildman–Crippen MR) is 70.0 cm³/mol. The molecule has 0 radical (unpaired) electrons. The molecule has 0 amide bonds. The number of carboxylic acids is 1. The highest BCUT2D eigenvalue weighted by atomic mass is 16.5. The van der Waals surface area contributed by atoms with Crippen LogP contribution in [-0.4, -0.2) is 30.8 Å². The van der Waals surface area contributed by atoms with Gasteiger partial charge in [0.15, 0.2) is 0 Å². The van der Waals surface area contributed by atoms with Gasteiger partial charge in [0, 0.05) is 12.2 Å². The van der Waals surface area contributed by atoms with Crippen LogP contribution in [0, 0.1) is 26.2 Å². The number of nitrogens with one attached hydrogen (secondary N) is 1. The monoisotopic (exact) mass is 249 g/mol. The van der Waals surface area contributed by atoms with Crippen LogP contribution < -0.4 is 5.32 Å². The SMILES string of the molecule is Cc1ccc(NCC2(C(=O)O)COC2)c(C)c1C. The molecule has 0 aliphatic carbocycles. The minimum Gasteiger partial charge on any atom is -0.481 e. The second-order valence-electron chi connectivity index (χ2n) is 5.11. The average molecular weight is 249 g/mol. The minimum absolute atomic E-state index is 0.291. The molecule has 1 aromatic carbocycles. The number of ether oxygens (including phenoxy) is 1. The van der Waals surface area contributed by atoms with E-state index >= 15 is 0 Å². The Hall–Kier alpha value is -1.55. The number of hydrogen-bond donors (Lipinski definition) is 2. The van der Waals surface area contributed by atoms with Crippen molar-refractivity contribution in [3.05, 3.63) is 28.8 Å². The van der Waals surface area contributed by atoms with Crippen molar-refractivity contribution < 1.29 is 14.6 Å². The van der Waals surface area contributed by atoms with Gasteiger partial charge in [-0.2, -0.15) is 0 Å². The Morgan fingerprint density at radius 2 is 2.00 bits per heavy atom. The molecule has 0 bridgehead atoms. The summed E-state index contributed by atoms with van der Waals surface area (Å²) in [5.74, 6) is -0.789. The van der Waals surface area contributed by atoms with E-state index in [1.165, 1.54) is 16.7 Å². The summed E-state index contributed by atoms with van der Waals surface area (Å²) in [6.07, 6.45) is 0. The molecule has 0 aromatic heterocycles. The molecule has 1 aromatic rings. The third-order valence-electron chi connectivity index (χ3n) is 3.89. The lowest BCUT2D eigenvalue weighted by molar-refractivity contribution is -0.176. The van der Waals surface area contributed by atoms with E-state index in [2.05, 4.69) is 32.2 Å². The fourth-order valence-electron chi connectivity index (χ4n) is 2.06. The number of benzene rings is 1. The first-order valence-corrected chi connectivity index (χ1v) is 6.08. The van der Waals surface area contributed by atoms with Crippen LogP contribution in [0.2, 0.25) is 0 Å². The van der Waals surface area contributed by atoms with E-state index in [1.807, 2.05) is 6.07 Å². The van der Waals surface area contributed by atoms with Crippen LogP contribution in [0.1, 0.15) is 16.7 Å². The summed E-state index contributed by atoms with van der Waals surface area (Å²) < 4.78 is 5.04. The second kappa shape index (κ2) is 4.61. The van der Waals surface area contributed by atoms with E-state index < -0.39 is 11.4 Å². The van der Waals surface area contributed by atoms with Gasteiger partial charge in [-0.1, -0.05) is 6.07 Å². The van der Waals surface area contributed by atoms with Crippen LogP contribution in [-0.2, 0) is 9.53 Å². The van der Waals surface area contributed by atoms with Gasteiger partial charge >= 0.3 is 5.97 Å². The van der Waals surface area contributed by atoms with Crippen molar-refractivity contribution in [1.29, 1.82) is 0 Å². The van der Waals surface area contributed by atoms with Gasteiger partial charge in [0.1, 0.15) is 5.41 Å². The summed E-state index contributed by atoms with van der Waals surface area (Å²) >= 11 is 0. The van der Waals surface area contributed by atoms with Gasteiger partial charge in [-0.25, -0.2) is 0 Å². The maximum Gasteiger partial charge on any atom is 0.316 e. The van der Waals surface area contributed by atoms with Crippen molar-refractivity contribution in [2.75, 3.05) is 25.1 Å². The van der Waals surface area contributed by atoms with E-state index in [0.717, 1.165) is 5.69 Å². The van der Waals surface area contributed by atoms with Crippen LogP contribution in [0.4, 0.5) is 5.69 Å². The van der Waals surface area contributed by atoms with Gasteiger partial charge in [0.2, 0.25) is 0 Å². The van der Waals surface area contributed by atoms with Gasteiger partial charge < -0.3 is 15.2 Å². The Morgan fingerprint density at radius 1 is 1.33 bits per heavy atom. The van der Waals surface area contributed by atoms with Crippen molar-refractivity contribution in [1.82, 2.24) is 0 Å². The summed E-state index contributed by atoms with van der Waals surface area (Å²) in [5.41, 5.74) is 3.92. The lowest BCUT2D eigenvalue weighted by Crippen LogP contribution is -2.53. The summed E-state index contributed by atoms with van der Waals surface area (Å²) in [4.78, 5) is 11.2. The number of aryl methyl sites for hydroxylation is 1. The number of anilines is 1. The van der Waals surface area contributed by atoms with E-state index in [1.54, 1.807) is 0 Å². The Morgan fingerprint density at radius 3 is 2.50 bits per heavy atom. The van der Waals surface area contributed by atoms with Crippen LogP contribution in [0.15, 0.2) is 12.1 Å². The standard InChI is InChI=1S/C14H19NO3/c1-9-4-5-12(11(3)10(9)2)15-6-14(13(16)17)7-18-8-14/h4-5,15H,6-8H2,1-3H3,(H,16,17). The molecule has 1 aliphatic heterocycles. The molecular weight excluding hydrogens is 230 g/mol. The molecule has 2 rings (SSSR count). The zero-order chi connectivity index (χ0) is 13.3. The zero-order valence-corrected chi connectivity index (χ0v) is 11.0. The van der Waals surface area contributed by atoms with E-state index in [4.69, 9.17) is 4.74 Å². The van der Waals surface area contributed by atoms with E-state index in [-0.39, 0.29) is 0 Å². The topological polar surface area (TPSA) is 58.6 Å². The molecule has 18 heavy (non-hydrogen) atoms. The van der Waals surface area contributed by atoms with Gasteiger partial charge in [-0.05, 0) is 43.5 Å². The Labute approximate surface area is 107 Å². The van der Waals surface area contributed by atoms with Gasteiger partial charge in [0.05, 0.1) is 13.2 Å². The first kappa shape index (κ1) is 12.9. The zero-order valence-electron chi connectivity index (χ0n) is 11.0. The summed E-state index contributed by atoms with van der Waals surface area (Å²) in [6.45, 7) is 7.19. The Bertz CT molecular complexity index is 478. The second-order valence-corrected chi connectivity index (χ2v) is 5.11. The quantitative estimate of drug-likeness (QED) is 0.858. The summed E-state index contributed by atoms with van der Waals surface area (Å²) in [6, 6.07) is 4.06. The molecule has 2 N–H and O–H groups in total. The molecule has 1 fully saturated rings. The van der Waals surface area contributed by atoms with Crippen LogP contribution >= 0.6 is 0 Å². The molecule has 0 spiro atoms. The fraction of sp³-hybridized carbons (Fsp3) is 0.500. The van der Waals surface area contributed by atoms with Gasteiger partial charge in [0.25, 0.3) is 0 Å². The normalized spacial score (nSPS) is 17.1. The largest absolute Gasteiger partial charge is 0.481 e. The number of rotatable bonds is 4. The Kier molecular flexibility index (Phi) is 3.30. The molecule has 0 saturated carbocycles. The molecule has 0 unspecified atom stereocenters. The summed E-state index contributed by atoms with van der Waals surface area (Å²) in [5, 5.41) is 12.5. The third-order valence-corrected chi connectivity index (χ3v) is 3.89. The number of carbonyl (C=O) groups is 1. The maximum absolute atomic E-state index is 11.2. The average Bonchev–Trinajstić information content (AvgIpc) is 2.27. The first-order chi connectivity index (χ1) is 8.46. The highest BCUT2D eigenvalue weighted by Gasteiger charge is 2.46. The fourth-order valence-corrected chi connectivity index (χ4v) is 2.06. The minimum atomic E-state index is -0.789. The molecular formula is C14H19NO3. The lowest BCUT2D eigenvalue weighted by atomic mass is 9.86. The number of carboxylic acid groups (broad SMARTS) is 1. The third kappa shape index (κ3) is 2.08. The first-order valence-electron chi connectivity index (χ1n) is 6.08. The molecule has 98 valence electrons. The lowest BCUT2D eigenvalue weighted by Gasteiger charge is -2.37.